The summed E-state index contributed by atoms with van der Waals surface area (Å²) in [6, 6.07) is 0.697. The summed E-state index contributed by atoms with van der Waals surface area (Å²) in [5.74, 6) is 0. The quantitative estimate of drug-likeness (QED) is 0.637. The Morgan fingerprint density at radius 1 is 1.54 bits per heavy atom. The highest BCUT2D eigenvalue weighted by atomic mass is 15.1. The molecular weight excluding hydrogens is 162 g/mol. The van der Waals surface area contributed by atoms with Gasteiger partial charge in [-0.15, -0.1) is 0 Å². The minimum Gasteiger partial charge on any atom is -0.337 e. The summed E-state index contributed by atoms with van der Waals surface area (Å²) in [6.45, 7) is 0. The van der Waals surface area contributed by atoms with Crippen LogP contribution in [0.1, 0.15) is 17.8 Å². The lowest BCUT2D eigenvalue weighted by molar-refractivity contribution is 0.264. The van der Waals surface area contributed by atoms with E-state index in [0.29, 0.717) is 6.04 Å². The van der Waals surface area contributed by atoms with Crippen LogP contribution in [0.4, 0.5) is 0 Å². The predicted octanol–water partition coefficient (Wildman–Crippen LogP) is 0.839. The molecule has 0 bridgehead atoms. The Balaban J connectivity index is 2.22. The molecule has 72 valence electrons. The van der Waals surface area contributed by atoms with E-state index in [1.54, 1.807) is 0 Å². The van der Waals surface area contributed by atoms with Gasteiger partial charge in [-0.25, -0.2) is 4.98 Å². The normalized spacial score (nSPS) is 22.0. The van der Waals surface area contributed by atoms with Crippen LogP contribution in [0, 0.1) is 0 Å². The molecule has 1 aliphatic carbocycles. The van der Waals surface area contributed by atoms with Crippen LogP contribution in [0.2, 0.25) is 0 Å². The molecule has 1 atom stereocenters. The Bertz CT molecular complexity index is 301. The molecule has 0 N–H and O–H groups in total. The number of fused-ring (bicyclic) bond motifs is 1. The molecule has 0 saturated heterocycles. The number of hydrogen-bond donors (Lipinski definition) is 0. The highest BCUT2D eigenvalue weighted by Crippen LogP contribution is 2.21. The smallest absolute Gasteiger partial charge is 0.0949 e. The molecule has 1 aliphatic rings. The standard InChI is InChI=1S/C10H17N3/c1-12(2)8-4-5-9-10(6-8)13(3)7-11-9/h7-8H,4-6H2,1-3H3. The van der Waals surface area contributed by atoms with Crippen molar-refractivity contribution in [1.82, 2.24) is 14.5 Å². The van der Waals surface area contributed by atoms with Crippen LogP contribution in [0.25, 0.3) is 0 Å². The highest BCUT2D eigenvalue weighted by molar-refractivity contribution is 5.18. The fraction of sp³-hybridized carbons (Fsp3) is 0.700. The molecule has 1 aromatic rings. The zero-order valence-corrected chi connectivity index (χ0v) is 8.62. The molecule has 0 fully saturated rings. The van der Waals surface area contributed by atoms with Gasteiger partial charge in [0.05, 0.1) is 12.0 Å². The highest BCUT2D eigenvalue weighted by Gasteiger charge is 2.22. The summed E-state index contributed by atoms with van der Waals surface area (Å²) in [7, 11) is 6.40. The summed E-state index contributed by atoms with van der Waals surface area (Å²) in [6.07, 6.45) is 5.47. The van der Waals surface area contributed by atoms with Crippen molar-refractivity contribution in [3.05, 3.63) is 17.7 Å². The Hall–Kier alpha value is -0.830. The van der Waals surface area contributed by atoms with E-state index in [1.165, 1.54) is 17.8 Å². The van der Waals surface area contributed by atoms with E-state index in [2.05, 4.69) is 35.6 Å². The van der Waals surface area contributed by atoms with Crippen LogP contribution in [-0.4, -0.2) is 34.6 Å². The maximum Gasteiger partial charge on any atom is 0.0949 e. The maximum absolute atomic E-state index is 4.39. The average molecular weight is 179 g/mol. The van der Waals surface area contributed by atoms with Gasteiger partial charge in [-0.3, -0.25) is 0 Å². The minimum atomic E-state index is 0.697. The Morgan fingerprint density at radius 2 is 2.31 bits per heavy atom. The molecule has 0 aliphatic heterocycles. The van der Waals surface area contributed by atoms with Crippen molar-refractivity contribution >= 4 is 0 Å². The van der Waals surface area contributed by atoms with Gasteiger partial charge in [-0.1, -0.05) is 0 Å². The Labute approximate surface area is 79.4 Å². The second kappa shape index (κ2) is 3.14. The Morgan fingerprint density at radius 3 is 3.00 bits per heavy atom. The second-order valence-corrected chi connectivity index (χ2v) is 4.11. The lowest BCUT2D eigenvalue weighted by Crippen LogP contribution is -2.34. The van der Waals surface area contributed by atoms with Crippen molar-refractivity contribution < 1.29 is 0 Å². The number of aryl methyl sites for hydroxylation is 2. The molecule has 3 nitrogen and oxygen atoms in total. The third-order valence-corrected chi connectivity index (χ3v) is 3.02. The molecule has 0 saturated carbocycles. The topological polar surface area (TPSA) is 21.1 Å². The average Bonchev–Trinajstić information content (AvgIpc) is 2.47. The molecule has 3 heteroatoms. The van der Waals surface area contributed by atoms with Gasteiger partial charge in [0.2, 0.25) is 0 Å². The first-order valence-electron chi connectivity index (χ1n) is 4.84. The first kappa shape index (κ1) is 8.75. The van der Waals surface area contributed by atoms with Gasteiger partial charge in [-0.2, -0.15) is 0 Å². The molecule has 0 aromatic carbocycles. The predicted molar refractivity (Wildman–Crippen MR) is 52.7 cm³/mol. The molecular formula is C10H17N3. The van der Waals surface area contributed by atoms with Crippen LogP contribution in [0.3, 0.4) is 0 Å². The third-order valence-electron chi connectivity index (χ3n) is 3.02. The monoisotopic (exact) mass is 179 g/mol. The van der Waals surface area contributed by atoms with Gasteiger partial charge < -0.3 is 9.47 Å². The SMILES string of the molecule is CN(C)C1CCc2ncn(C)c2C1. The lowest BCUT2D eigenvalue weighted by Gasteiger charge is -2.28. The third kappa shape index (κ3) is 1.48. The molecule has 1 heterocycles. The molecule has 0 radical (unpaired) electrons. The number of hydrogen-bond acceptors (Lipinski definition) is 2. The number of aromatic nitrogens is 2. The number of imidazole rings is 1. The zero-order chi connectivity index (χ0) is 9.42. The van der Waals surface area contributed by atoms with Crippen LogP contribution in [-0.2, 0) is 19.9 Å². The lowest BCUT2D eigenvalue weighted by atomic mass is 9.95. The summed E-state index contributed by atoms with van der Waals surface area (Å²) in [5.41, 5.74) is 2.73. The summed E-state index contributed by atoms with van der Waals surface area (Å²) in [4.78, 5) is 6.71. The van der Waals surface area contributed by atoms with E-state index >= 15 is 0 Å². The largest absolute Gasteiger partial charge is 0.337 e. The van der Waals surface area contributed by atoms with Crippen molar-refractivity contribution in [2.75, 3.05) is 14.1 Å². The van der Waals surface area contributed by atoms with E-state index in [0.717, 1.165) is 12.8 Å². The molecule has 1 unspecified atom stereocenters. The summed E-state index contributed by atoms with van der Waals surface area (Å²) in [5, 5.41) is 0. The van der Waals surface area contributed by atoms with Crippen molar-refractivity contribution in [3.63, 3.8) is 0 Å². The number of likely N-dealkylation sites (N-methyl/N-ethyl adjacent to an activating group) is 1. The summed E-state index contributed by atoms with van der Waals surface area (Å²) >= 11 is 0. The second-order valence-electron chi connectivity index (χ2n) is 4.11. The van der Waals surface area contributed by atoms with E-state index in [-0.39, 0.29) is 0 Å². The van der Waals surface area contributed by atoms with Crippen molar-refractivity contribution in [3.8, 4) is 0 Å². The zero-order valence-electron chi connectivity index (χ0n) is 8.62. The molecule has 1 aromatic heterocycles. The van der Waals surface area contributed by atoms with Gasteiger partial charge in [0.15, 0.2) is 0 Å². The van der Waals surface area contributed by atoms with Gasteiger partial charge in [0.25, 0.3) is 0 Å². The minimum absolute atomic E-state index is 0.697. The number of rotatable bonds is 1. The van der Waals surface area contributed by atoms with E-state index < -0.39 is 0 Å². The summed E-state index contributed by atoms with van der Waals surface area (Å²) < 4.78 is 2.16. The molecule has 2 rings (SSSR count). The van der Waals surface area contributed by atoms with Crippen LogP contribution in [0.15, 0.2) is 6.33 Å². The van der Waals surface area contributed by atoms with Crippen LogP contribution in [0.5, 0.6) is 0 Å². The van der Waals surface area contributed by atoms with E-state index in [4.69, 9.17) is 0 Å². The van der Waals surface area contributed by atoms with Gasteiger partial charge in [0.1, 0.15) is 0 Å². The van der Waals surface area contributed by atoms with E-state index in [1.807, 2.05) is 6.33 Å². The van der Waals surface area contributed by atoms with Crippen molar-refractivity contribution in [1.29, 1.82) is 0 Å². The number of nitrogens with zero attached hydrogens (tertiary/aromatic N) is 3. The molecule has 13 heavy (non-hydrogen) atoms. The van der Waals surface area contributed by atoms with Gasteiger partial charge >= 0.3 is 0 Å². The van der Waals surface area contributed by atoms with Crippen LogP contribution >= 0.6 is 0 Å². The van der Waals surface area contributed by atoms with Gasteiger partial charge in [0, 0.05) is 25.2 Å². The molecule has 0 amide bonds. The van der Waals surface area contributed by atoms with Crippen LogP contribution < -0.4 is 0 Å². The van der Waals surface area contributed by atoms with Crippen molar-refractivity contribution in [2.24, 2.45) is 7.05 Å². The maximum atomic E-state index is 4.39. The first-order chi connectivity index (χ1) is 6.18. The first-order valence-corrected chi connectivity index (χ1v) is 4.84. The van der Waals surface area contributed by atoms with E-state index in [9.17, 15) is 0 Å². The Kier molecular flexibility index (Phi) is 2.12. The molecule has 0 spiro atoms. The fourth-order valence-electron chi connectivity index (χ4n) is 2.04. The van der Waals surface area contributed by atoms with Crippen molar-refractivity contribution in [2.45, 2.75) is 25.3 Å². The van der Waals surface area contributed by atoms with Gasteiger partial charge in [-0.05, 0) is 26.9 Å². The fourth-order valence-corrected chi connectivity index (χ4v) is 2.04.